The summed E-state index contributed by atoms with van der Waals surface area (Å²) in [5, 5.41) is 3.54. The largest absolute Gasteiger partial charge is 0.452 e. The van der Waals surface area contributed by atoms with E-state index in [2.05, 4.69) is 37.2 Å². The van der Waals surface area contributed by atoms with Gasteiger partial charge in [-0.25, -0.2) is 0 Å². The van der Waals surface area contributed by atoms with E-state index < -0.39 is 0 Å². The van der Waals surface area contributed by atoms with Crippen LogP contribution < -0.4 is 5.32 Å². The molecule has 0 amide bonds. The Hall–Kier alpha value is 0.200. The average Bonchev–Trinajstić information content (AvgIpc) is 2.57. The van der Waals surface area contributed by atoms with Crippen molar-refractivity contribution in [3.05, 3.63) is 21.0 Å². The molecule has 0 radical (unpaired) electrons. The van der Waals surface area contributed by atoms with Gasteiger partial charge >= 0.3 is 0 Å². The first-order chi connectivity index (χ1) is 7.25. The Morgan fingerprint density at radius 3 is 2.60 bits per heavy atom. The van der Waals surface area contributed by atoms with Crippen LogP contribution in [0.1, 0.15) is 37.9 Å². The first kappa shape index (κ1) is 11.7. The van der Waals surface area contributed by atoms with Crippen molar-refractivity contribution >= 4 is 31.9 Å². The number of furan rings is 1. The second kappa shape index (κ2) is 5.51. The molecular formula is C11H15Br2NO. The fraction of sp³-hybridized carbons (Fsp3) is 0.636. The SMILES string of the molecule is Brc1cc(CNC2CCCCC2)oc1Br. The van der Waals surface area contributed by atoms with E-state index in [4.69, 9.17) is 4.42 Å². The van der Waals surface area contributed by atoms with Crippen molar-refractivity contribution < 1.29 is 4.42 Å². The minimum atomic E-state index is 0.682. The third-order valence-corrected chi connectivity index (χ3v) is 4.58. The molecular weight excluding hydrogens is 322 g/mol. The zero-order chi connectivity index (χ0) is 10.7. The van der Waals surface area contributed by atoms with Crippen molar-refractivity contribution in [1.29, 1.82) is 0 Å². The molecule has 0 saturated heterocycles. The van der Waals surface area contributed by atoms with Crippen molar-refractivity contribution in [3.63, 3.8) is 0 Å². The molecule has 15 heavy (non-hydrogen) atoms. The summed E-state index contributed by atoms with van der Waals surface area (Å²) in [6.45, 7) is 0.828. The highest BCUT2D eigenvalue weighted by atomic mass is 79.9. The van der Waals surface area contributed by atoms with Crippen molar-refractivity contribution in [2.75, 3.05) is 0 Å². The maximum Gasteiger partial charge on any atom is 0.183 e. The normalized spacial score (nSPS) is 18.3. The van der Waals surface area contributed by atoms with E-state index in [1.807, 2.05) is 6.07 Å². The Bertz CT molecular complexity index is 299. The summed E-state index contributed by atoms with van der Waals surface area (Å²) in [6, 6.07) is 2.70. The fourth-order valence-electron chi connectivity index (χ4n) is 2.03. The molecule has 1 aliphatic carbocycles. The molecule has 84 valence electrons. The van der Waals surface area contributed by atoms with Crippen LogP contribution in [0.15, 0.2) is 19.6 Å². The monoisotopic (exact) mass is 335 g/mol. The lowest BCUT2D eigenvalue weighted by Crippen LogP contribution is -2.30. The summed E-state index contributed by atoms with van der Waals surface area (Å²) in [7, 11) is 0. The lowest BCUT2D eigenvalue weighted by Gasteiger charge is -2.22. The summed E-state index contributed by atoms with van der Waals surface area (Å²) in [6.07, 6.45) is 6.74. The van der Waals surface area contributed by atoms with Gasteiger partial charge in [-0.1, -0.05) is 19.3 Å². The highest BCUT2D eigenvalue weighted by Crippen LogP contribution is 2.27. The van der Waals surface area contributed by atoms with Crippen LogP contribution in [0.25, 0.3) is 0 Å². The summed E-state index contributed by atoms with van der Waals surface area (Å²) in [5.74, 6) is 0.985. The summed E-state index contributed by atoms with van der Waals surface area (Å²) >= 11 is 6.75. The van der Waals surface area contributed by atoms with Gasteiger partial charge in [0, 0.05) is 6.04 Å². The van der Waals surface area contributed by atoms with Crippen LogP contribution in [0.5, 0.6) is 0 Å². The van der Waals surface area contributed by atoms with Crippen molar-refractivity contribution in [1.82, 2.24) is 5.32 Å². The van der Waals surface area contributed by atoms with E-state index in [-0.39, 0.29) is 0 Å². The average molecular weight is 337 g/mol. The predicted octanol–water partition coefficient (Wildman–Crippen LogP) is 4.23. The quantitative estimate of drug-likeness (QED) is 0.893. The van der Waals surface area contributed by atoms with Gasteiger partial charge in [-0.3, -0.25) is 0 Å². The molecule has 1 fully saturated rings. The number of halogens is 2. The zero-order valence-electron chi connectivity index (χ0n) is 8.56. The first-order valence-corrected chi connectivity index (χ1v) is 7.01. The highest BCUT2D eigenvalue weighted by molar-refractivity contribution is 9.13. The summed E-state index contributed by atoms with van der Waals surface area (Å²) in [5.41, 5.74) is 0. The lowest BCUT2D eigenvalue weighted by atomic mass is 9.95. The minimum Gasteiger partial charge on any atom is -0.452 e. The maximum absolute atomic E-state index is 5.51. The van der Waals surface area contributed by atoms with Crippen LogP contribution >= 0.6 is 31.9 Å². The van der Waals surface area contributed by atoms with Gasteiger partial charge in [0.2, 0.25) is 0 Å². The lowest BCUT2D eigenvalue weighted by molar-refractivity contribution is 0.354. The Morgan fingerprint density at radius 1 is 1.27 bits per heavy atom. The van der Waals surface area contributed by atoms with E-state index in [0.29, 0.717) is 6.04 Å². The number of rotatable bonds is 3. The predicted molar refractivity (Wildman–Crippen MR) is 67.8 cm³/mol. The molecule has 1 aliphatic rings. The third kappa shape index (κ3) is 3.33. The molecule has 1 aromatic rings. The Labute approximate surface area is 107 Å². The van der Waals surface area contributed by atoms with Gasteiger partial charge in [-0.05, 0) is 50.8 Å². The zero-order valence-corrected chi connectivity index (χ0v) is 11.7. The minimum absolute atomic E-state index is 0.682. The van der Waals surface area contributed by atoms with Crippen molar-refractivity contribution in [2.45, 2.75) is 44.7 Å². The Kier molecular flexibility index (Phi) is 4.29. The third-order valence-electron chi connectivity index (χ3n) is 2.87. The second-order valence-electron chi connectivity index (χ2n) is 4.05. The Morgan fingerprint density at radius 2 is 2.00 bits per heavy atom. The Balaban J connectivity index is 1.81. The van der Waals surface area contributed by atoms with Crippen LogP contribution in [0, 0.1) is 0 Å². The van der Waals surface area contributed by atoms with Gasteiger partial charge in [0.05, 0.1) is 11.0 Å². The molecule has 4 heteroatoms. The maximum atomic E-state index is 5.51. The van der Waals surface area contributed by atoms with Gasteiger partial charge in [0.15, 0.2) is 4.67 Å². The van der Waals surface area contributed by atoms with Crippen LogP contribution in [0.3, 0.4) is 0 Å². The standard InChI is InChI=1S/C11H15Br2NO/c12-10-6-9(15-11(10)13)7-14-8-4-2-1-3-5-8/h6,8,14H,1-5,7H2. The van der Waals surface area contributed by atoms with Gasteiger partial charge in [0.1, 0.15) is 5.76 Å². The molecule has 2 rings (SSSR count). The molecule has 1 saturated carbocycles. The molecule has 1 aromatic heterocycles. The van der Waals surface area contributed by atoms with E-state index in [1.165, 1.54) is 32.1 Å². The summed E-state index contributed by atoms with van der Waals surface area (Å²) in [4.78, 5) is 0. The molecule has 0 atom stereocenters. The molecule has 0 aliphatic heterocycles. The van der Waals surface area contributed by atoms with Gasteiger partial charge in [-0.15, -0.1) is 0 Å². The van der Waals surface area contributed by atoms with Gasteiger partial charge < -0.3 is 9.73 Å². The second-order valence-corrected chi connectivity index (χ2v) is 5.62. The number of hydrogen-bond acceptors (Lipinski definition) is 2. The van der Waals surface area contributed by atoms with Gasteiger partial charge in [-0.2, -0.15) is 0 Å². The molecule has 0 aromatic carbocycles. The summed E-state index contributed by atoms with van der Waals surface area (Å²) < 4.78 is 7.28. The molecule has 0 bridgehead atoms. The topological polar surface area (TPSA) is 25.2 Å². The first-order valence-electron chi connectivity index (χ1n) is 5.43. The highest BCUT2D eigenvalue weighted by Gasteiger charge is 2.13. The van der Waals surface area contributed by atoms with Crippen LogP contribution in [0.4, 0.5) is 0 Å². The van der Waals surface area contributed by atoms with E-state index in [9.17, 15) is 0 Å². The van der Waals surface area contributed by atoms with Crippen LogP contribution in [-0.4, -0.2) is 6.04 Å². The molecule has 1 N–H and O–H groups in total. The van der Waals surface area contributed by atoms with Crippen LogP contribution in [0.2, 0.25) is 0 Å². The molecule has 0 spiro atoms. The molecule has 2 nitrogen and oxygen atoms in total. The molecule has 0 unspecified atom stereocenters. The smallest absolute Gasteiger partial charge is 0.183 e. The molecule has 1 heterocycles. The number of nitrogens with one attached hydrogen (secondary N) is 1. The van der Waals surface area contributed by atoms with Crippen molar-refractivity contribution in [3.8, 4) is 0 Å². The fourth-order valence-corrected chi connectivity index (χ4v) is 2.69. The van der Waals surface area contributed by atoms with E-state index in [1.54, 1.807) is 0 Å². The van der Waals surface area contributed by atoms with E-state index in [0.717, 1.165) is 21.4 Å². The number of hydrogen-bond donors (Lipinski definition) is 1. The van der Waals surface area contributed by atoms with E-state index >= 15 is 0 Å². The van der Waals surface area contributed by atoms with Crippen LogP contribution in [-0.2, 0) is 6.54 Å². The van der Waals surface area contributed by atoms with Crippen molar-refractivity contribution in [2.24, 2.45) is 0 Å². The van der Waals surface area contributed by atoms with Gasteiger partial charge in [0.25, 0.3) is 0 Å².